The van der Waals surface area contributed by atoms with Gasteiger partial charge in [0, 0.05) is 11.1 Å². The van der Waals surface area contributed by atoms with Gasteiger partial charge in [-0.05, 0) is 19.1 Å². The van der Waals surface area contributed by atoms with Crippen LogP contribution >= 0.6 is 11.3 Å². The van der Waals surface area contributed by atoms with E-state index in [-0.39, 0.29) is 12.2 Å². The van der Waals surface area contributed by atoms with Gasteiger partial charge in [0.05, 0.1) is 12.2 Å². The molecule has 3 N–H and O–H groups in total. The van der Waals surface area contributed by atoms with Gasteiger partial charge >= 0.3 is 12.0 Å². The molecule has 2 rings (SSSR count). The average Bonchev–Trinajstić information content (AvgIpc) is 2.82. The first-order valence-electron chi connectivity index (χ1n) is 5.95. The van der Waals surface area contributed by atoms with Crippen LogP contribution in [0.3, 0.4) is 0 Å². The molecule has 8 heteroatoms. The van der Waals surface area contributed by atoms with Crippen molar-refractivity contribution >= 4 is 29.0 Å². The summed E-state index contributed by atoms with van der Waals surface area (Å²) < 4.78 is 13.4. The highest BCUT2D eigenvalue weighted by atomic mass is 32.1. The van der Waals surface area contributed by atoms with E-state index in [2.05, 4.69) is 15.6 Å². The molecule has 6 nitrogen and oxygen atoms in total. The van der Waals surface area contributed by atoms with Gasteiger partial charge in [0.1, 0.15) is 16.4 Å². The van der Waals surface area contributed by atoms with Crippen LogP contribution in [0.5, 0.6) is 0 Å². The molecule has 0 saturated heterocycles. The van der Waals surface area contributed by atoms with Crippen molar-refractivity contribution in [2.24, 2.45) is 0 Å². The maximum Gasteiger partial charge on any atom is 0.340 e. The number of amides is 2. The number of carbonyl (C=O) groups is 2. The Morgan fingerprint density at radius 1 is 1.43 bits per heavy atom. The fourth-order valence-electron chi connectivity index (χ4n) is 1.65. The number of thiazole rings is 1. The smallest absolute Gasteiger partial charge is 0.340 e. The van der Waals surface area contributed by atoms with Gasteiger partial charge in [-0.1, -0.05) is 6.07 Å². The van der Waals surface area contributed by atoms with E-state index < -0.39 is 23.4 Å². The van der Waals surface area contributed by atoms with E-state index in [1.807, 2.05) is 6.92 Å². The Bertz CT molecular complexity index is 687. The van der Waals surface area contributed by atoms with Crippen molar-refractivity contribution in [1.82, 2.24) is 10.3 Å². The van der Waals surface area contributed by atoms with Gasteiger partial charge in [-0.15, -0.1) is 11.3 Å². The number of nitrogens with zero attached hydrogens (tertiary/aromatic N) is 1. The zero-order chi connectivity index (χ0) is 15.4. The van der Waals surface area contributed by atoms with Crippen molar-refractivity contribution in [3.8, 4) is 0 Å². The van der Waals surface area contributed by atoms with Crippen molar-refractivity contribution in [2.75, 3.05) is 5.32 Å². The van der Waals surface area contributed by atoms with Gasteiger partial charge in [-0.3, -0.25) is 0 Å². The summed E-state index contributed by atoms with van der Waals surface area (Å²) in [4.78, 5) is 27.8. The van der Waals surface area contributed by atoms with E-state index >= 15 is 0 Å². The van der Waals surface area contributed by atoms with Crippen molar-refractivity contribution in [3.05, 3.63) is 45.7 Å². The third kappa shape index (κ3) is 3.76. The Kier molecular flexibility index (Phi) is 4.49. The van der Waals surface area contributed by atoms with Crippen LogP contribution in [0.1, 0.15) is 20.2 Å². The topological polar surface area (TPSA) is 91.3 Å². The molecule has 1 heterocycles. The highest BCUT2D eigenvalue weighted by molar-refractivity contribution is 7.11. The van der Waals surface area contributed by atoms with Gasteiger partial charge in [0.2, 0.25) is 0 Å². The first kappa shape index (κ1) is 14.9. The summed E-state index contributed by atoms with van der Waals surface area (Å²) in [5, 5.41) is 14.5. The predicted octanol–water partition coefficient (Wildman–Crippen LogP) is 2.61. The molecule has 110 valence electrons. The monoisotopic (exact) mass is 309 g/mol. The van der Waals surface area contributed by atoms with E-state index in [0.29, 0.717) is 0 Å². The van der Waals surface area contributed by atoms with E-state index in [4.69, 9.17) is 5.11 Å². The molecule has 0 aliphatic rings. The SMILES string of the molecule is Cc1cnc(CNC(=O)Nc2cccc(F)c2C(=O)O)s1. The van der Waals surface area contributed by atoms with Crippen LogP contribution < -0.4 is 10.6 Å². The number of carboxylic acid groups (broad SMARTS) is 1. The summed E-state index contributed by atoms with van der Waals surface area (Å²) in [6.45, 7) is 2.11. The van der Waals surface area contributed by atoms with Crippen LogP contribution in [0, 0.1) is 12.7 Å². The number of anilines is 1. The number of urea groups is 1. The predicted molar refractivity (Wildman–Crippen MR) is 76.1 cm³/mol. The van der Waals surface area contributed by atoms with E-state index in [0.717, 1.165) is 16.0 Å². The second-order valence-corrected chi connectivity index (χ2v) is 5.46. The summed E-state index contributed by atoms with van der Waals surface area (Å²) in [5.74, 6) is -2.35. The van der Waals surface area contributed by atoms with Crippen molar-refractivity contribution in [3.63, 3.8) is 0 Å². The van der Waals surface area contributed by atoms with Gasteiger partial charge in [0.25, 0.3) is 0 Å². The number of carboxylic acids is 1. The lowest BCUT2D eigenvalue weighted by Crippen LogP contribution is -2.29. The molecular weight excluding hydrogens is 297 g/mol. The Labute approximate surface area is 123 Å². The molecule has 0 saturated carbocycles. The summed E-state index contributed by atoms with van der Waals surface area (Å²) in [6, 6.07) is 3.03. The highest BCUT2D eigenvalue weighted by Gasteiger charge is 2.17. The largest absolute Gasteiger partial charge is 0.478 e. The molecule has 0 atom stereocenters. The van der Waals surface area contributed by atoms with Crippen LogP contribution in [-0.2, 0) is 6.54 Å². The molecule has 0 aliphatic carbocycles. The second kappa shape index (κ2) is 6.31. The molecule has 0 spiro atoms. The zero-order valence-electron chi connectivity index (χ0n) is 11.0. The number of halogens is 1. The average molecular weight is 309 g/mol. The molecular formula is C13H12FN3O3S. The molecule has 0 radical (unpaired) electrons. The molecule has 0 unspecified atom stereocenters. The first-order chi connectivity index (χ1) is 9.97. The summed E-state index contributed by atoms with van der Waals surface area (Å²) in [6.07, 6.45) is 1.69. The third-order valence-electron chi connectivity index (χ3n) is 2.54. The number of hydrogen-bond acceptors (Lipinski definition) is 4. The van der Waals surface area contributed by atoms with Crippen LogP contribution in [0.2, 0.25) is 0 Å². The number of aromatic carboxylic acids is 1. The second-order valence-electron chi connectivity index (χ2n) is 4.14. The lowest BCUT2D eigenvalue weighted by molar-refractivity contribution is 0.0693. The van der Waals surface area contributed by atoms with Crippen molar-refractivity contribution < 1.29 is 19.1 Å². The fraction of sp³-hybridized carbons (Fsp3) is 0.154. The molecule has 1 aromatic heterocycles. The van der Waals surface area contributed by atoms with Gasteiger partial charge < -0.3 is 15.7 Å². The molecule has 2 aromatic rings. The molecule has 0 bridgehead atoms. The van der Waals surface area contributed by atoms with Crippen molar-refractivity contribution in [2.45, 2.75) is 13.5 Å². The van der Waals surface area contributed by atoms with Crippen LogP contribution in [0.4, 0.5) is 14.9 Å². The molecule has 1 aromatic carbocycles. The van der Waals surface area contributed by atoms with Crippen LogP contribution in [0.15, 0.2) is 24.4 Å². The summed E-state index contributed by atoms with van der Waals surface area (Å²) in [7, 11) is 0. The standard InChI is InChI=1S/C13H12FN3O3S/c1-7-5-15-10(21-7)6-16-13(20)17-9-4-2-3-8(14)11(9)12(18)19/h2-5H,6H2,1H3,(H,18,19)(H2,16,17,20). The number of carbonyl (C=O) groups excluding carboxylic acids is 1. The van der Waals surface area contributed by atoms with Gasteiger partial charge in [-0.2, -0.15) is 0 Å². The minimum Gasteiger partial charge on any atom is -0.478 e. The Morgan fingerprint density at radius 2 is 2.19 bits per heavy atom. The molecule has 0 aliphatic heterocycles. The number of aryl methyl sites for hydroxylation is 1. The number of benzene rings is 1. The molecule has 2 amide bonds. The Morgan fingerprint density at radius 3 is 2.81 bits per heavy atom. The quantitative estimate of drug-likeness (QED) is 0.809. The highest BCUT2D eigenvalue weighted by Crippen LogP contribution is 2.19. The van der Waals surface area contributed by atoms with Gasteiger partial charge in [0.15, 0.2) is 0 Å². The number of nitrogens with one attached hydrogen (secondary N) is 2. The van der Waals surface area contributed by atoms with E-state index in [9.17, 15) is 14.0 Å². The minimum absolute atomic E-state index is 0.102. The first-order valence-corrected chi connectivity index (χ1v) is 6.77. The number of hydrogen-bond donors (Lipinski definition) is 3. The van der Waals surface area contributed by atoms with Crippen LogP contribution in [-0.4, -0.2) is 22.1 Å². The normalized spacial score (nSPS) is 10.2. The van der Waals surface area contributed by atoms with Crippen molar-refractivity contribution in [1.29, 1.82) is 0 Å². The minimum atomic E-state index is -1.45. The Hall–Kier alpha value is -2.48. The van der Waals surface area contributed by atoms with Gasteiger partial charge in [-0.25, -0.2) is 19.0 Å². The molecule has 21 heavy (non-hydrogen) atoms. The van der Waals surface area contributed by atoms with E-state index in [1.165, 1.54) is 23.5 Å². The zero-order valence-corrected chi connectivity index (χ0v) is 11.8. The third-order valence-corrected chi connectivity index (χ3v) is 3.46. The van der Waals surface area contributed by atoms with Crippen LogP contribution in [0.25, 0.3) is 0 Å². The fourth-order valence-corrected chi connectivity index (χ4v) is 2.38. The lowest BCUT2D eigenvalue weighted by Gasteiger charge is -2.09. The lowest BCUT2D eigenvalue weighted by atomic mass is 10.1. The Balaban J connectivity index is 2.03. The maximum absolute atomic E-state index is 13.4. The van der Waals surface area contributed by atoms with E-state index in [1.54, 1.807) is 6.20 Å². The number of aromatic nitrogens is 1. The molecule has 0 fully saturated rings. The summed E-state index contributed by atoms with van der Waals surface area (Å²) >= 11 is 1.44. The maximum atomic E-state index is 13.4. The number of rotatable bonds is 4. The summed E-state index contributed by atoms with van der Waals surface area (Å²) in [5.41, 5.74) is -0.673.